The lowest BCUT2D eigenvalue weighted by atomic mass is 10.1. The van der Waals surface area contributed by atoms with Crippen molar-refractivity contribution < 1.29 is 17.9 Å². The Morgan fingerprint density at radius 3 is 2.46 bits per heavy atom. The molecule has 1 heterocycles. The number of hydrogen-bond acceptors (Lipinski definition) is 4. The summed E-state index contributed by atoms with van der Waals surface area (Å²) in [5, 5.41) is 0.473. The number of amides is 1. The smallest absolute Gasteiger partial charge is 0.245 e. The van der Waals surface area contributed by atoms with Crippen molar-refractivity contribution in [3.63, 3.8) is 0 Å². The molecule has 1 amide bonds. The van der Waals surface area contributed by atoms with Gasteiger partial charge in [0.2, 0.25) is 15.9 Å². The predicted molar refractivity (Wildman–Crippen MR) is 100 cm³/mol. The average molecular weight is 395 g/mol. The Kier molecular flexibility index (Phi) is 5.22. The lowest BCUT2D eigenvalue weighted by Crippen LogP contribution is -2.57. The van der Waals surface area contributed by atoms with Crippen LogP contribution in [0, 0.1) is 0 Å². The Morgan fingerprint density at radius 2 is 1.81 bits per heavy atom. The third-order valence-electron chi connectivity index (χ3n) is 4.38. The highest BCUT2D eigenvalue weighted by Crippen LogP contribution is 2.34. The van der Waals surface area contributed by atoms with E-state index in [1.165, 1.54) is 28.4 Å². The van der Waals surface area contributed by atoms with E-state index >= 15 is 0 Å². The number of hydrogen-bond donors (Lipinski definition) is 0. The molecule has 0 bridgehead atoms. The zero-order valence-corrected chi connectivity index (χ0v) is 16.0. The van der Waals surface area contributed by atoms with Crippen molar-refractivity contribution in [2.45, 2.75) is 17.9 Å². The zero-order valence-electron chi connectivity index (χ0n) is 14.4. The maximum Gasteiger partial charge on any atom is 0.245 e. The molecule has 0 unspecified atom stereocenters. The Labute approximate surface area is 158 Å². The molecule has 1 aliphatic rings. The SMILES string of the molecule is COc1ccc(Cl)cc1N1CCN(S(=O)(=O)c2ccccc2)[C@@H](C)C1=O. The van der Waals surface area contributed by atoms with Crippen LogP contribution in [-0.2, 0) is 14.8 Å². The molecule has 1 saturated heterocycles. The first-order valence-electron chi connectivity index (χ1n) is 8.08. The Bertz CT molecular complexity index is 918. The van der Waals surface area contributed by atoms with Crippen LogP contribution < -0.4 is 9.64 Å². The van der Waals surface area contributed by atoms with Crippen molar-refractivity contribution in [2.24, 2.45) is 0 Å². The Morgan fingerprint density at radius 1 is 1.12 bits per heavy atom. The first kappa shape index (κ1) is 18.7. The van der Waals surface area contributed by atoms with Crippen molar-refractivity contribution in [1.82, 2.24) is 4.31 Å². The van der Waals surface area contributed by atoms with Crippen molar-refractivity contribution in [3.8, 4) is 5.75 Å². The maximum absolute atomic E-state index is 12.9. The summed E-state index contributed by atoms with van der Waals surface area (Å²) in [4.78, 5) is 14.6. The van der Waals surface area contributed by atoms with E-state index in [-0.39, 0.29) is 23.9 Å². The molecule has 6 nitrogen and oxygen atoms in total. The van der Waals surface area contributed by atoms with E-state index in [1.807, 2.05) is 0 Å². The normalized spacial score (nSPS) is 18.8. The van der Waals surface area contributed by atoms with Gasteiger partial charge in [0.05, 0.1) is 17.7 Å². The van der Waals surface area contributed by atoms with Gasteiger partial charge in [0.1, 0.15) is 11.8 Å². The van der Waals surface area contributed by atoms with Gasteiger partial charge < -0.3 is 9.64 Å². The number of carbonyl (C=O) groups excluding carboxylic acids is 1. The highest BCUT2D eigenvalue weighted by molar-refractivity contribution is 7.89. The minimum Gasteiger partial charge on any atom is -0.495 e. The number of nitrogens with zero attached hydrogens (tertiary/aromatic N) is 2. The van der Waals surface area contributed by atoms with Gasteiger partial charge in [-0.2, -0.15) is 4.31 Å². The first-order chi connectivity index (χ1) is 12.4. The fourth-order valence-corrected chi connectivity index (χ4v) is 4.79. The molecule has 0 N–H and O–H groups in total. The van der Waals surface area contributed by atoms with Crippen LogP contribution in [0.2, 0.25) is 5.02 Å². The standard InChI is InChI=1S/C18H19ClN2O4S/c1-13-18(22)20(16-12-14(19)8-9-17(16)25-2)10-11-21(13)26(23,24)15-6-4-3-5-7-15/h3-9,12-13H,10-11H2,1-2H3/t13-/m0/s1. The van der Waals surface area contributed by atoms with Crippen LogP contribution in [0.5, 0.6) is 5.75 Å². The van der Waals surface area contributed by atoms with Crippen molar-refractivity contribution >= 4 is 33.2 Å². The number of sulfonamides is 1. The highest BCUT2D eigenvalue weighted by atomic mass is 35.5. The van der Waals surface area contributed by atoms with Gasteiger partial charge in [-0.1, -0.05) is 29.8 Å². The van der Waals surface area contributed by atoms with Gasteiger partial charge in [0.25, 0.3) is 0 Å². The van der Waals surface area contributed by atoms with Gasteiger partial charge in [-0.05, 0) is 37.3 Å². The molecule has 138 valence electrons. The third-order valence-corrected chi connectivity index (χ3v) is 6.60. The summed E-state index contributed by atoms with van der Waals surface area (Å²) in [5.41, 5.74) is 0.536. The van der Waals surface area contributed by atoms with Crippen molar-refractivity contribution in [2.75, 3.05) is 25.1 Å². The number of methoxy groups -OCH3 is 1. The fraction of sp³-hybridized carbons (Fsp3) is 0.278. The summed E-state index contributed by atoms with van der Waals surface area (Å²) >= 11 is 6.06. The molecule has 0 spiro atoms. The van der Waals surface area contributed by atoms with E-state index < -0.39 is 16.1 Å². The predicted octanol–water partition coefficient (Wildman–Crippen LogP) is 2.77. The molecule has 0 radical (unpaired) electrons. The van der Waals surface area contributed by atoms with E-state index in [0.29, 0.717) is 16.5 Å². The average Bonchev–Trinajstić information content (AvgIpc) is 2.64. The summed E-state index contributed by atoms with van der Waals surface area (Å²) < 4.78 is 32.3. The molecule has 1 fully saturated rings. The summed E-state index contributed by atoms with van der Waals surface area (Å²) in [5.74, 6) is 0.186. The number of anilines is 1. The molecule has 0 saturated carbocycles. The molecule has 2 aromatic rings. The molecule has 1 atom stereocenters. The van der Waals surface area contributed by atoms with Gasteiger partial charge in [-0.15, -0.1) is 0 Å². The Hall–Kier alpha value is -2.09. The van der Waals surface area contributed by atoms with Crippen LogP contribution in [0.25, 0.3) is 0 Å². The molecule has 8 heteroatoms. The van der Waals surface area contributed by atoms with E-state index in [9.17, 15) is 13.2 Å². The van der Waals surface area contributed by atoms with E-state index in [4.69, 9.17) is 16.3 Å². The lowest BCUT2D eigenvalue weighted by molar-refractivity contribution is -0.123. The van der Waals surface area contributed by atoms with Gasteiger partial charge in [-0.25, -0.2) is 8.42 Å². The highest BCUT2D eigenvalue weighted by Gasteiger charge is 2.40. The number of piperazine rings is 1. The monoisotopic (exact) mass is 394 g/mol. The number of benzene rings is 2. The number of halogens is 1. The fourth-order valence-electron chi connectivity index (χ4n) is 3.02. The maximum atomic E-state index is 12.9. The number of carbonyl (C=O) groups is 1. The van der Waals surface area contributed by atoms with Gasteiger partial charge >= 0.3 is 0 Å². The minimum absolute atomic E-state index is 0.174. The molecular weight excluding hydrogens is 376 g/mol. The molecule has 0 aliphatic carbocycles. The van der Waals surface area contributed by atoms with Crippen LogP contribution in [0.4, 0.5) is 5.69 Å². The van der Waals surface area contributed by atoms with Gasteiger partial charge in [0.15, 0.2) is 0 Å². The second kappa shape index (κ2) is 7.26. The Balaban J connectivity index is 1.92. The van der Waals surface area contributed by atoms with Gasteiger partial charge in [-0.3, -0.25) is 4.79 Å². The summed E-state index contributed by atoms with van der Waals surface area (Å²) in [6.07, 6.45) is 0. The van der Waals surface area contributed by atoms with Crippen molar-refractivity contribution in [3.05, 3.63) is 53.6 Å². The summed E-state index contributed by atoms with van der Waals surface area (Å²) in [6.45, 7) is 1.98. The van der Waals surface area contributed by atoms with Crippen molar-refractivity contribution in [1.29, 1.82) is 0 Å². The summed E-state index contributed by atoms with van der Waals surface area (Å²) in [7, 11) is -2.23. The minimum atomic E-state index is -3.75. The van der Waals surface area contributed by atoms with Crippen LogP contribution >= 0.6 is 11.6 Å². The van der Waals surface area contributed by atoms with E-state index in [1.54, 1.807) is 43.3 Å². The lowest BCUT2D eigenvalue weighted by Gasteiger charge is -2.38. The first-order valence-corrected chi connectivity index (χ1v) is 9.90. The van der Waals surface area contributed by atoms with Gasteiger partial charge in [0, 0.05) is 18.1 Å². The molecule has 0 aromatic heterocycles. The van der Waals surface area contributed by atoms with Crippen LogP contribution in [0.3, 0.4) is 0 Å². The van der Waals surface area contributed by atoms with Crippen LogP contribution in [0.15, 0.2) is 53.4 Å². The summed E-state index contributed by atoms with van der Waals surface area (Å²) in [6, 6.07) is 12.3. The quantitative estimate of drug-likeness (QED) is 0.799. The number of rotatable bonds is 4. The molecule has 26 heavy (non-hydrogen) atoms. The largest absolute Gasteiger partial charge is 0.495 e. The molecule has 2 aromatic carbocycles. The molecule has 1 aliphatic heterocycles. The number of ether oxygens (including phenoxy) is 1. The molecular formula is C18H19ClN2O4S. The zero-order chi connectivity index (χ0) is 18.9. The third kappa shape index (κ3) is 3.30. The topological polar surface area (TPSA) is 66.9 Å². The molecule has 3 rings (SSSR count). The second-order valence-corrected chi connectivity index (χ2v) is 8.24. The van der Waals surface area contributed by atoms with Crippen LogP contribution in [0.1, 0.15) is 6.92 Å². The second-order valence-electron chi connectivity index (χ2n) is 5.91. The van der Waals surface area contributed by atoms with Crippen LogP contribution in [-0.4, -0.2) is 44.9 Å². The van der Waals surface area contributed by atoms with E-state index in [2.05, 4.69) is 0 Å². The van der Waals surface area contributed by atoms with E-state index in [0.717, 1.165) is 0 Å².